The van der Waals surface area contributed by atoms with Gasteiger partial charge in [-0.05, 0) is 24.6 Å². The predicted octanol–water partition coefficient (Wildman–Crippen LogP) is 2.24. The van der Waals surface area contributed by atoms with Crippen molar-refractivity contribution >= 4 is 19.7 Å². The molecule has 1 heterocycles. The molecule has 1 fully saturated rings. The van der Waals surface area contributed by atoms with Gasteiger partial charge in [-0.2, -0.15) is 0 Å². The third kappa shape index (κ3) is 2.39. The van der Waals surface area contributed by atoms with E-state index < -0.39 is 30.0 Å². The Morgan fingerprint density at radius 1 is 0.913 bits per heavy atom. The average molecular weight is 352 g/mol. The first-order valence-electron chi connectivity index (χ1n) is 6.94. The van der Waals surface area contributed by atoms with E-state index >= 15 is 0 Å². The van der Waals surface area contributed by atoms with Crippen molar-refractivity contribution in [2.45, 2.75) is 22.2 Å². The van der Waals surface area contributed by atoms with Crippen molar-refractivity contribution in [1.82, 2.24) is 0 Å². The van der Waals surface area contributed by atoms with Crippen molar-refractivity contribution in [2.24, 2.45) is 0 Å². The highest BCUT2D eigenvalue weighted by Crippen LogP contribution is 2.58. The molecule has 1 aliphatic rings. The van der Waals surface area contributed by atoms with E-state index in [-0.39, 0.29) is 4.90 Å². The standard InChI is InChI=1S/C16H16O5S2/c1-12-8-10-14(11-9-12)23(19,20)16(22(2,17)18)15(21-16)13-6-4-3-5-7-13/h3-11,15H,1-2H3/t15-,16-/m0/s1. The van der Waals surface area contributed by atoms with Crippen LogP contribution in [0.3, 0.4) is 0 Å². The molecular formula is C16H16O5S2. The summed E-state index contributed by atoms with van der Waals surface area (Å²) in [4.78, 5) is -0.0630. The first kappa shape index (κ1) is 16.2. The van der Waals surface area contributed by atoms with E-state index in [4.69, 9.17) is 4.74 Å². The quantitative estimate of drug-likeness (QED) is 0.788. The van der Waals surface area contributed by atoms with E-state index in [1.807, 2.05) is 6.92 Å². The van der Waals surface area contributed by atoms with E-state index in [1.54, 1.807) is 42.5 Å². The van der Waals surface area contributed by atoms with Crippen LogP contribution in [0.15, 0.2) is 59.5 Å². The number of aryl methyl sites for hydroxylation is 1. The summed E-state index contributed by atoms with van der Waals surface area (Å²) in [6, 6.07) is 14.6. The number of rotatable bonds is 4. The summed E-state index contributed by atoms with van der Waals surface area (Å²) < 4.78 is 53.5. The smallest absolute Gasteiger partial charge is 0.306 e. The summed E-state index contributed by atoms with van der Waals surface area (Å²) in [7, 11) is -8.22. The number of hydrogen-bond acceptors (Lipinski definition) is 5. The second-order valence-corrected chi connectivity index (χ2v) is 10.1. The number of hydrogen-bond donors (Lipinski definition) is 0. The maximum absolute atomic E-state index is 13.0. The molecule has 1 saturated heterocycles. The van der Waals surface area contributed by atoms with Crippen LogP contribution in [0.4, 0.5) is 0 Å². The minimum Gasteiger partial charge on any atom is -0.331 e. The molecule has 0 saturated carbocycles. The monoisotopic (exact) mass is 352 g/mol. The first-order chi connectivity index (χ1) is 10.7. The van der Waals surface area contributed by atoms with Crippen LogP contribution in [0.1, 0.15) is 17.2 Å². The third-order valence-corrected chi connectivity index (χ3v) is 8.73. The lowest BCUT2D eigenvalue weighted by Crippen LogP contribution is -2.34. The van der Waals surface area contributed by atoms with Crippen LogP contribution in [0.2, 0.25) is 0 Å². The molecule has 3 rings (SSSR count). The number of benzene rings is 2. The molecule has 7 heteroatoms. The van der Waals surface area contributed by atoms with Gasteiger partial charge < -0.3 is 4.74 Å². The maximum Gasteiger partial charge on any atom is 0.306 e. The Bertz CT molecular complexity index is 932. The average Bonchev–Trinajstić information content (AvgIpc) is 3.26. The van der Waals surface area contributed by atoms with E-state index in [0.717, 1.165) is 11.8 Å². The van der Waals surface area contributed by atoms with E-state index in [9.17, 15) is 16.8 Å². The van der Waals surface area contributed by atoms with Gasteiger partial charge in [0.15, 0.2) is 9.84 Å². The Kier molecular flexibility index (Phi) is 3.62. The zero-order chi connectivity index (χ0) is 16.9. The molecule has 0 bridgehead atoms. The molecular weight excluding hydrogens is 336 g/mol. The molecule has 0 N–H and O–H groups in total. The number of epoxide rings is 1. The first-order valence-corrected chi connectivity index (χ1v) is 10.3. The van der Waals surface area contributed by atoms with Gasteiger partial charge in [-0.3, -0.25) is 0 Å². The van der Waals surface area contributed by atoms with Gasteiger partial charge in [0.25, 0.3) is 0 Å². The minimum atomic E-state index is -4.21. The second kappa shape index (κ2) is 5.15. The second-order valence-electron chi connectivity index (χ2n) is 5.60. The summed E-state index contributed by atoms with van der Waals surface area (Å²) in [5, 5.41) is 0. The number of ether oxygens (including phenoxy) is 1. The van der Waals surface area contributed by atoms with Crippen molar-refractivity contribution in [3.8, 4) is 0 Å². The lowest BCUT2D eigenvalue weighted by atomic mass is 10.2. The highest BCUT2D eigenvalue weighted by atomic mass is 32.3. The van der Waals surface area contributed by atoms with Gasteiger partial charge >= 0.3 is 4.27 Å². The topological polar surface area (TPSA) is 80.8 Å². The molecule has 0 amide bonds. The van der Waals surface area contributed by atoms with Crippen molar-refractivity contribution in [3.63, 3.8) is 0 Å². The van der Waals surface area contributed by atoms with Gasteiger partial charge in [-0.15, -0.1) is 0 Å². The van der Waals surface area contributed by atoms with Gasteiger partial charge in [-0.25, -0.2) is 16.8 Å². The van der Waals surface area contributed by atoms with Gasteiger partial charge in [0.05, 0.1) is 4.90 Å². The van der Waals surface area contributed by atoms with Crippen LogP contribution in [-0.4, -0.2) is 27.4 Å². The molecule has 0 aromatic heterocycles. The van der Waals surface area contributed by atoms with E-state index in [1.165, 1.54) is 12.1 Å². The summed E-state index contributed by atoms with van der Waals surface area (Å²) >= 11 is 0. The van der Waals surface area contributed by atoms with Crippen LogP contribution in [0.5, 0.6) is 0 Å². The molecule has 0 aliphatic carbocycles. The van der Waals surface area contributed by atoms with Gasteiger partial charge in [0.2, 0.25) is 9.84 Å². The molecule has 0 radical (unpaired) electrons. The fourth-order valence-electron chi connectivity index (χ4n) is 2.60. The molecule has 23 heavy (non-hydrogen) atoms. The van der Waals surface area contributed by atoms with Gasteiger partial charge in [0.1, 0.15) is 6.10 Å². The van der Waals surface area contributed by atoms with Crippen molar-refractivity contribution < 1.29 is 21.6 Å². The Hall–Kier alpha value is -1.70. The minimum absolute atomic E-state index is 0.0630. The van der Waals surface area contributed by atoms with Crippen LogP contribution in [-0.2, 0) is 24.4 Å². The molecule has 5 nitrogen and oxygen atoms in total. The lowest BCUT2D eigenvalue weighted by molar-refractivity contribution is 0.380. The summed E-state index contributed by atoms with van der Waals surface area (Å²) in [6.45, 7) is 1.82. The summed E-state index contributed by atoms with van der Waals surface area (Å²) in [5.41, 5.74) is 1.40. The van der Waals surface area contributed by atoms with Crippen LogP contribution < -0.4 is 0 Å². The molecule has 2 atom stereocenters. The molecule has 0 unspecified atom stereocenters. The number of sulfone groups is 2. The molecule has 0 spiro atoms. The summed E-state index contributed by atoms with van der Waals surface area (Å²) in [5.74, 6) is 0. The predicted molar refractivity (Wildman–Crippen MR) is 86.2 cm³/mol. The molecule has 122 valence electrons. The van der Waals surface area contributed by atoms with Crippen molar-refractivity contribution in [2.75, 3.05) is 6.26 Å². The molecule has 2 aromatic rings. The highest BCUT2D eigenvalue weighted by Gasteiger charge is 2.74. The van der Waals surface area contributed by atoms with Crippen molar-refractivity contribution in [1.29, 1.82) is 0 Å². The Morgan fingerprint density at radius 2 is 1.48 bits per heavy atom. The fraction of sp³-hybridized carbons (Fsp3) is 0.250. The Balaban J connectivity index is 2.15. The van der Waals surface area contributed by atoms with Crippen LogP contribution >= 0.6 is 0 Å². The SMILES string of the molecule is Cc1ccc(S(=O)(=O)[C@]2(S(C)(=O)=O)O[C@H]2c2ccccc2)cc1. The van der Waals surface area contributed by atoms with Crippen LogP contribution in [0, 0.1) is 6.92 Å². The van der Waals surface area contributed by atoms with Gasteiger partial charge in [-0.1, -0.05) is 48.0 Å². The van der Waals surface area contributed by atoms with Gasteiger partial charge in [0, 0.05) is 6.26 Å². The Labute approximate surface area is 135 Å². The molecule has 2 aromatic carbocycles. The Morgan fingerprint density at radius 3 is 2.00 bits per heavy atom. The van der Waals surface area contributed by atoms with Crippen LogP contribution in [0.25, 0.3) is 0 Å². The maximum atomic E-state index is 13.0. The van der Waals surface area contributed by atoms with E-state index in [0.29, 0.717) is 5.56 Å². The highest BCUT2D eigenvalue weighted by molar-refractivity contribution is 8.10. The lowest BCUT2D eigenvalue weighted by Gasteiger charge is -2.13. The normalized spacial score (nSPS) is 24.3. The zero-order valence-electron chi connectivity index (χ0n) is 12.6. The zero-order valence-corrected chi connectivity index (χ0v) is 14.3. The fourth-order valence-corrected chi connectivity index (χ4v) is 6.74. The van der Waals surface area contributed by atoms with E-state index in [2.05, 4.69) is 0 Å². The van der Waals surface area contributed by atoms with Crippen molar-refractivity contribution in [3.05, 3.63) is 65.7 Å². The molecule has 1 aliphatic heterocycles. The summed E-state index contributed by atoms with van der Waals surface area (Å²) in [6.07, 6.45) is -0.133. The largest absolute Gasteiger partial charge is 0.331 e. The third-order valence-electron chi connectivity index (χ3n) is 3.87.